The number of pyridine rings is 1. The second kappa shape index (κ2) is 3.03. The van der Waals surface area contributed by atoms with Crippen LogP contribution in [0.2, 0.25) is 0 Å². The summed E-state index contributed by atoms with van der Waals surface area (Å²) >= 11 is 0. The maximum Gasteiger partial charge on any atom is 0.222 e. The van der Waals surface area contributed by atoms with Gasteiger partial charge in [0.2, 0.25) is 11.8 Å². The zero-order chi connectivity index (χ0) is 10.1. The highest BCUT2D eigenvalue weighted by Crippen LogP contribution is 2.31. The van der Waals surface area contributed by atoms with E-state index in [0.717, 1.165) is 5.39 Å². The summed E-state index contributed by atoms with van der Waals surface area (Å²) in [7, 11) is 0. The first-order valence-corrected chi connectivity index (χ1v) is 4.17. The van der Waals surface area contributed by atoms with Crippen molar-refractivity contribution >= 4 is 16.8 Å². The van der Waals surface area contributed by atoms with Gasteiger partial charge in [0.1, 0.15) is 0 Å². The maximum absolute atomic E-state index is 9.47. The number of hydrogen-bond acceptors (Lipinski definition) is 3. The average Bonchev–Trinajstić information content (AvgIpc) is 2.18. The van der Waals surface area contributed by atoms with Crippen LogP contribution < -0.4 is 0 Å². The third kappa shape index (κ3) is 1.10. The zero-order valence-corrected chi connectivity index (χ0v) is 7.44. The fourth-order valence-electron chi connectivity index (χ4n) is 1.46. The van der Waals surface area contributed by atoms with Crippen LogP contribution in [0, 0.1) is 0 Å². The van der Waals surface area contributed by atoms with Crippen LogP contribution in [0.3, 0.4) is 0 Å². The highest BCUT2D eigenvalue weighted by Gasteiger charge is 2.09. The van der Waals surface area contributed by atoms with Crippen LogP contribution >= 0.6 is 0 Å². The number of nitrogens with zero attached hydrogens (tertiary/aromatic N) is 1. The van der Waals surface area contributed by atoms with Gasteiger partial charge in [0.25, 0.3) is 0 Å². The molecule has 1 heterocycles. The van der Waals surface area contributed by atoms with Gasteiger partial charge in [-0.2, -0.15) is 4.98 Å². The molecule has 2 rings (SSSR count). The van der Waals surface area contributed by atoms with Gasteiger partial charge >= 0.3 is 0 Å². The fourth-order valence-corrected chi connectivity index (χ4v) is 1.46. The normalized spacial score (nSPS) is 10.3. The Balaban J connectivity index is 2.97. The van der Waals surface area contributed by atoms with E-state index in [1.54, 1.807) is 18.2 Å². The van der Waals surface area contributed by atoms with Gasteiger partial charge in [0.15, 0.2) is 0 Å². The van der Waals surface area contributed by atoms with E-state index in [0.29, 0.717) is 10.9 Å². The number of rotatable bonds is 1. The minimum absolute atomic E-state index is 0.163. The number of hydrogen-bond donors (Lipinski definition) is 2. The Morgan fingerprint density at radius 1 is 1.07 bits per heavy atom. The van der Waals surface area contributed by atoms with E-state index in [1.807, 2.05) is 6.07 Å². The Bertz CT molecular complexity index is 506. The second-order valence-corrected chi connectivity index (χ2v) is 2.92. The van der Waals surface area contributed by atoms with Gasteiger partial charge in [-0.3, -0.25) is 0 Å². The molecule has 1 aromatic carbocycles. The van der Waals surface area contributed by atoms with Crippen LogP contribution in [0.1, 0.15) is 5.56 Å². The molecule has 0 aliphatic rings. The van der Waals surface area contributed by atoms with Crippen molar-refractivity contribution in [3.8, 4) is 11.8 Å². The van der Waals surface area contributed by atoms with Crippen LogP contribution in [0.15, 0.2) is 30.8 Å². The predicted octanol–water partition coefficient (Wildman–Crippen LogP) is 2.29. The van der Waals surface area contributed by atoms with Crippen LogP contribution in [-0.4, -0.2) is 15.2 Å². The van der Waals surface area contributed by atoms with E-state index >= 15 is 0 Å². The average molecular weight is 187 g/mol. The Morgan fingerprint density at radius 2 is 1.71 bits per heavy atom. The standard InChI is InChI=1S/C11H9NO2/c1-2-7-8-5-3-4-6-9(8)11(14)12-10(7)13/h2-6H,1H2,(H2,12,13,14). The molecule has 0 amide bonds. The van der Waals surface area contributed by atoms with E-state index in [9.17, 15) is 10.2 Å². The summed E-state index contributed by atoms with van der Waals surface area (Å²) in [5.41, 5.74) is 0.540. The minimum atomic E-state index is -0.198. The first kappa shape index (κ1) is 8.56. The summed E-state index contributed by atoms with van der Waals surface area (Å²) in [4.78, 5) is 3.61. The molecule has 2 N–H and O–H groups in total. The lowest BCUT2D eigenvalue weighted by molar-refractivity contribution is 0.417. The predicted molar refractivity (Wildman–Crippen MR) is 55.2 cm³/mol. The summed E-state index contributed by atoms with van der Waals surface area (Å²) in [6, 6.07) is 7.17. The third-order valence-corrected chi connectivity index (χ3v) is 2.11. The molecule has 70 valence electrons. The molecule has 1 aromatic heterocycles. The van der Waals surface area contributed by atoms with E-state index in [2.05, 4.69) is 11.6 Å². The van der Waals surface area contributed by atoms with Gasteiger partial charge in [-0.15, -0.1) is 0 Å². The van der Waals surface area contributed by atoms with Crippen molar-refractivity contribution in [1.82, 2.24) is 4.98 Å². The van der Waals surface area contributed by atoms with Crippen LogP contribution in [0.4, 0.5) is 0 Å². The Hall–Kier alpha value is -2.03. The van der Waals surface area contributed by atoms with Gasteiger partial charge in [-0.05, 0) is 11.5 Å². The summed E-state index contributed by atoms with van der Waals surface area (Å²) in [6.07, 6.45) is 1.52. The molecule has 0 saturated carbocycles. The molecular formula is C11H9NO2. The quantitative estimate of drug-likeness (QED) is 0.720. The Morgan fingerprint density at radius 3 is 2.36 bits per heavy atom. The molecule has 0 saturated heterocycles. The largest absolute Gasteiger partial charge is 0.493 e. The first-order valence-electron chi connectivity index (χ1n) is 4.17. The van der Waals surface area contributed by atoms with E-state index < -0.39 is 0 Å². The molecule has 0 atom stereocenters. The van der Waals surface area contributed by atoms with Crippen LogP contribution in [-0.2, 0) is 0 Å². The molecule has 0 aliphatic carbocycles. The van der Waals surface area contributed by atoms with Crippen molar-refractivity contribution < 1.29 is 10.2 Å². The van der Waals surface area contributed by atoms with Gasteiger partial charge < -0.3 is 10.2 Å². The molecule has 0 bridgehead atoms. The minimum Gasteiger partial charge on any atom is -0.493 e. The number of fused-ring (bicyclic) bond motifs is 1. The summed E-state index contributed by atoms with van der Waals surface area (Å²) in [5, 5.41) is 20.3. The zero-order valence-electron chi connectivity index (χ0n) is 7.44. The lowest BCUT2D eigenvalue weighted by atomic mass is 10.1. The number of aromatic hydroxyl groups is 2. The van der Waals surface area contributed by atoms with Gasteiger partial charge in [-0.25, -0.2) is 0 Å². The van der Waals surface area contributed by atoms with E-state index in [4.69, 9.17) is 0 Å². The molecule has 14 heavy (non-hydrogen) atoms. The van der Waals surface area contributed by atoms with Gasteiger partial charge in [0.05, 0.1) is 0 Å². The molecule has 0 aliphatic heterocycles. The SMILES string of the molecule is C=Cc1c(O)nc(O)c2ccccc12. The van der Waals surface area contributed by atoms with Crippen molar-refractivity contribution in [2.75, 3.05) is 0 Å². The lowest BCUT2D eigenvalue weighted by Crippen LogP contribution is -1.85. The fraction of sp³-hybridized carbons (Fsp3) is 0. The lowest BCUT2D eigenvalue weighted by Gasteiger charge is -2.05. The number of aromatic nitrogens is 1. The monoisotopic (exact) mass is 187 g/mol. The highest BCUT2D eigenvalue weighted by atomic mass is 16.3. The molecule has 0 fully saturated rings. The number of benzene rings is 1. The first-order chi connectivity index (χ1) is 6.74. The maximum atomic E-state index is 9.47. The molecule has 2 aromatic rings. The summed E-state index contributed by atoms with van der Waals surface area (Å²) in [5.74, 6) is -0.361. The van der Waals surface area contributed by atoms with Crippen molar-refractivity contribution in [3.63, 3.8) is 0 Å². The van der Waals surface area contributed by atoms with Crippen molar-refractivity contribution in [2.24, 2.45) is 0 Å². The molecule has 0 unspecified atom stereocenters. The Kier molecular flexibility index (Phi) is 1.85. The van der Waals surface area contributed by atoms with Crippen LogP contribution in [0.25, 0.3) is 16.8 Å². The second-order valence-electron chi connectivity index (χ2n) is 2.92. The molecule has 3 nitrogen and oxygen atoms in total. The molecule has 0 spiro atoms. The van der Waals surface area contributed by atoms with Gasteiger partial charge in [-0.1, -0.05) is 30.9 Å². The topological polar surface area (TPSA) is 53.4 Å². The van der Waals surface area contributed by atoms with Gasteiger partial charge in [0, 0.05) is 10.9 Å². The highest BCUT2D eigenvalue weighted by molar-refractivity contribution is 5.94. The smallest absolute Gasteiger partial charge is 0.222 e. The Labute approximate surface area is 81.0 Å². The van der Waals surface area contributed by atoms with E-state index in [-0.39, 0.29) is 11.8 Å². The summed E-state index contributed by atoms with van der Waals surface area (Å²) < 4.78 is 0. The van der Waals surface area contributed by atoms with Crippen LogP contribution in [0.5, 0.6) is 11.8 Å². The summed E-state index contributed by atoms with van der Waals surface area (Å²) in [6.45, 7) is 3.59. The van der Waals surface area contributed by atoms with Crippen molar-refractivity contribution in [1.29, 1.82) is 0 Å². The van der Waals surface area contributed by atoms with Crippen molar-refractivity contribution in [3.05, 3.63) is 36.4 Å². The van der Waals surface area contributed by atoms with E-state index in [1.165, 1.54) is 6.08 Å². The molecule has 3 heteroatoms. The van der Waals surface area contributed by atoms with Crippen molar-refractivity contribution in [2.45, 2.75) is 0 Å². The third-order valence-electron chi connectivity index (χ3n) is 2.11. The molecular weight excluding hydrogens is 178 g/mol. The molecule has 0 radical (unpaired) electrons.